The molecule has 1 aliphatic carbocycles. The second kappa shape index (κ2) is 3.65. The summed E-state index contributed by atoms with van der Waals surface area (Å²) in [6, 6.07) is 3.22. The van der Waals surface area contributed by atoms with Gasteiger partial charge in [-0.3, -0.25) is 4.79 Å². The Morgan fingerprint density at radius 3 is 2.60 bits per heavy atom. The monoisotopic (exact) mass is 208 g/mol. The van der Waals surface area contributed by atoms with E-state index in [1.807, 2.05) is 0 Å². The van der Waals surface area contributed by atoms with Gasteiger partial charge in [-0.15, -0.1) is 0 Å². The molecule has 0 amide bonds. The molecule has 0 heterocycles. The average Bonchev–Trinajstić information content (AvgIpc) is 2.62. The molecule has 3 heteroatoms. The Hall–Kier alpha value is -1.38. The number of benzene rings is 1. The number of aliphatic carboxylic acids is 1. The fourth-order valence-electron chi connectivity index (χ4n) is 2.08. The molecule has 80 valence electrons. The van der Waals surface area contributed by atoms with Crippen molar-refractivity contribution in [1.82, 2.24) is 0 Å². The van der Waals surface area contributed by atoms with Gasteiger partial charge in [-0.05, 0) is 43.4 Å². The predicted octanol–water partition coefficient (Wildman–Crippen LogP) is 2.50. The molecule has 1 atom stereocenters. The highest BCUT2D eigenvalue weighted by Crippen LogP contribution is 2.28. The van der Waals surface area contributed by atoms with Gasteiger partial charge in [0.15, 0.2) is 0 Å². The van der Waals surface area contributed by atoms with Gasteiger partial charge in [-0.2, -0.15) is 0 Å². The van der Waals surface area contributed by atoms with Gasteiger partial charge in [0.25, 0.3) is 0 Å². The van der Waals surface area contributed by atoms with E-state index < -0.39 is 11.9 Å². The first-order valence-electron chi connectivity index (χ1n) is 5.13. The number of hydrogen-bond acceptors (Lipinski definition) is 1. The van der Waals surface area contributed by atoms with Crippen molar-refractivity contribution < 1.29 is 14.3 Å². The number of fused-ring (bicyclic) bond motifs is 1. The van der Waals surface area contributed by atoms with Gasteiger partial charge >= 0.3 is 5.97 Å². The molecule has 0 radical (unpaired) electrons. The summed E-state index contributed by atoms with van der Waals surface area (Å²) in [5.41, 5.74) is 2.46. The van der Waals surface area contributed by atoms with Gasteiger partial charge in [0.05, 0.1) is 5.92 Å². The first-order chi connectivity index (χ1) is 7.09. The number of halogens is 1. The molecule has 1 aromatic carbocycles. The van der Waals surface area contributed by atoms with E-state index in [0.717, 1.165) is 30.4 Å². The highest BCUT2D eigenvalue weighted by Gasteiger charge is 2.21. The fourth-order valence-corrected chi connectivity index (χ4v) is 2.08. The van der Waals surface area contributed by atoms with Crippen LogP contribution in [0.4, 0.5) is 4.39 Å². The van der Waals surface area contributed by atoms with Crippen molar-refractivity contribution in [3.05, 3.63) is 34.6 Å². The van der Waals surface area contributed by atoms with Crippen molar-refractivity contribution in [3.63, 3.8) is 0 Å². The summed E-state index contributed by atoms with van der Waals surface area (Å²) in [4.78, 5) is 10.8. The lowest BCUT2D eigenvalue weighted by Gasteiger charge is -2.10. The topological polar surface area (TPSA) is 37.3 Å². The van der Waals surface area contributed by atoms with Gasteiger partial charge < -0.3 is 5.11 Å². The molecule has 0 bridgehead atoms. The Bertz CT molecular complexity index is 412. The Labute approximate surface area is 87.7 Å². The number of carboxylic acid groups (broad SMARTS) is 1. The van der Waals surface area contributed by atoms with Gasteiger partial charge in [-0.25, -0.2) is 4.39 Å². The fraction of sp³-hybridized carbons (Fsp3) is 0.417. The highest BCUT2D eigenvalue weighted by molar-refractivity contribution is 5.75. The van der Waals surface area contributed by atoms with Crippen LogP contribution in [0.15, 0.2) is 12.1 Å². The minimum absolute atomic E-state index is 0.308. The van der Waals surface area contributed by atoms with Crippen LogP contribution in [0.5, 0.6) is 0 Å². The van der Waals surface area contributed by atoms with Crippen molar-refractivity contribution >= 4 is 5.97 Å². The van der Waals surface area contributed by atoms with Crippen molar-refractivity contribution in [2.75, 3.05) is 0 Å². The maximum absolute atomic E-state index is 13.6. The zero-order valence-electron chi connectivity index (χ0n) is 8.59. The van der Waals surface area contributed by atoms with Crippen LogP contribution in [0, 0.1) is 5.82 Å². The third kappa shape index (κ3) is 1.74. The number of hydrogen-bond donors (Lipinski definition) is 1. The van der Waals surface area contributed by atoms with E-state index in [-0.39, 0.29) is 5.82 Å². The molecule has 2 rings (SSSR count). The molecule has 1 unspecified atom stereocenters. The summed E-state index contributed by atoms with van der Waals surface area (Å²) >= 11 is 0. The number of carboxylic acids is 1. The molecule has 0 aliphatic heterocycles. The Balaban J connectivity index is 2.44. The third-order valence-electron chi connectivity index (χ3n) is 3.05. The van der Waals surface area contributed by atoms with E-state index in [1.165, 1.54) is 13.0 Å². The minimum atomic E-state index is -0.980. The first-order valence-corrected chi connectivity index (χ1v) is 5.13. The Kier molecular flexibility index (Phi) is 2.47. The zero-order chi connectivity index (χ0) is 11.0. The molecule has 0 fully saturated rings. The maximum Gasteiger partial charge on any atom is 0.310 e. The van der Waals surface area contributed by atoms with E-state index in [4.69, 9.17) is 5.11 Å². The van der Waals surface area contributed by atoms with Crippen molar-refractivity contribution in [3.8, 4) is 0 Å². The van der Waals surface area contributed by atoms with Crippen molar-refractivity contribution in [2.45, 2.75) is 32.1 Å². The molecule has 2 nitrogen and oxygen atoms in total. The van der Waals surface area contributed by atoms with Gasteiger partial charge in [-0.1, -0.05) is 6.07 Å². The highest BCUT2D eigenvalue weighted by atomic mass is 19.1. The number of carbonyl (C=O) groups is 1. The maximum atomic E-state index is 13.6. The van der Waals surface area contributed by atoms with Crippen molar-refractivity contribution in [1.29, 1.82) is 0 Å². The van der Waals surface area contributed by atoms with Crippen LogP contribution < -0.4 is 0 Å². The standard InChI is InChI=1S/C12H13FO2/c1-7(12(14)15)10-5-8-3-2-4-9(8)6-11(10)13/h5-7H,2-4H2,1H3,(H,14,15). The number of aryl methyl sites for hydroxylation is 2. The third-order valence-corrected chi connectivity index (χ3v) is 3.05. The Morgan fingerprint density at radius 2 is 2.00 bits per heavy atom. The van der Waals surface area contributed by atoms with Crippen molar-refractivity contribution in [2.24, 2.45) is 0 Å². The minimum Gasteiger partial charge on any atom is -0.481 e. The van der Waals surface area contributed by atoms with E-state index in [2.05, 4.69) is 0 Å². The van der Waals surface area contributed by atoms with E-state index >= 15 is 0 Å². The lowest BCUT2D eigenvalue weighted by molar-refractivity contribution is -0.138. The van der Waals surface area contributed by atoms with Crippen LogP contribution in [0.2, 0.25) is 0 Å². The van der Waals surface area contributed by atoms with Crippen LogP contribution in [0.3, 0.4) is 0 Å². The quantitative estimate of drug-likeness (QED) is 0.810. The summed E-state index contributed by atoms with van der Waals surface area (Å²) < 4.78 is 13.6. The molecule has 0 aromatic heterocycles. The van der Waals surface area contributed by atoms with E-state index in [0.29, 0.717) is 5.56 Å². The number of rotatable bonds is 2. The predicted molar refractivity (Wildman–Crippen MR) is 54.5 cm³/mol. The van der Waals surface area contributed by atoms with E-state index in [9.17, 15) is 9.18 Å². The van der Waals surface area contributed by atoms with Crippen LogP contribution in [0.25, 0.3) is 0 Å². The van der Waals surface area contributed by atoms with Crippen LogP contribution in [0.1, 0.15) is 36.0 Å². The summed E-state index contributed by atoms with van der Waals surface area (Å²) in [6.07, 6.45) is 2.89. The lowest BCUT2D eigenvalue weighted by atomic mass is 9.96. The van der Waals surface area contributed by atoms with E-state index in [1.54, 1.807) is 6.07 Å². The lowest BCUT2D eigenvalue weighted by Crippen LogP contribution is -2.10. The molecule has 1 aliphatic rings. The van der Waals surface area contributed by atoms with Gasteiger partial charge in [0, 0.05) is 5.56 Å². The second-order valence-corrected chi connectivity index (χ2v) is 4.06. The molecule has 1 aromatic rings. The molecular weight excluding hydrogens is 195 g/mol. The normalized spacial score (nSPS) is 16.1. The van der Waals surface area contributed by atoms with Crippen LogP contribution in [-0.2, 0) is 17.6 Å². The summed E-state index contributed by atoms with van der Waals surface area (Å²) in [6.45, 7) is 1.52. The van der Waals surface area contributed by atoms with Gasteiger partial charge in [0.1, 0.15) is 5.82 Å². The summed E-state index contributed by atoms with van der Waals surface area (Å²) in [7, 11) is 0. The smallest absolute Gasteiger partial charge is 0.310 e. The summed E-state index contributed by atoms with van der Waals surface area (Å²) in [5, 5.41) is 8.84. The largest absolute Gasteiger partial charge is 0.481 e. The molecule has 0 saturated heterocycles. The van der Waals surface area contributed by atoms with Gasteiger partial charge in [0.2, 0.25) is 0 Å². The van der Waals surface area contributed by atoms with Crippen LogP contribution in [-0.4, -0.2) is 11.1 Å². The molecule has 15 heavy (non-hydrogen) atoms. The van der Waals surface area contributed by atoms with Crippen LogP contribution >= 0.6 is 0 Å². The Morgan fingerprint density at radius 1 is 1.40 bits per heavy atom. The molecule has 0 saturated carbocycles. The SMILES string of the molecule is CC(C(=O)O)c1cc2c(cc1F)CCC2. The first kappa shape index (κ1) is 10.1. The molecular formula is C12H13FO2. The molecule has 1 N–H and O–H groups in total. The summed E-state index contributed by atoms with van der Waals surface area (Å²) in [5.74, 6) is -2.13. The molecule has 0 spiro atoms. The average molecular weight is 208 g/mol. The second-order valence-electron chi connectivity index (χ2n) is 4.06. The zero-order valence-corrected chi connectivity index (χ0v) is 8.59.